The number of nitrogens with zero attached hydrogens (tertiary/aromatic N) is 3. The summed E-state index contributed by atoms with van der Waals surface area (Å²) in [5.41, 5.74) is 0.880. The summed E-state index contributed by atoms with van der Waals surface area (Å²) >= 11 is 4.93. The van der Waals surface area contributed by atoms with Gasteiger partial charge in [-0.25, -0.2) is 4.98 Å². The Balaban J connectivity index is 3.09. The van der Waals surface area contributed by atoms with Gasteiger partial charge in [-0.15, -0.1) is 0 Å². The molecule has 0 aliphatic heterocycles. The monoisotopic (exact) mass is 152 g/mol. The van der Waals surface area contributed by atoms with Crippen molar-refractivity contribution in [1.82, 2.24) is 19.6 Å². The maximum absolute atomic E-state index is 4.93. The molecule has 0 unspecified atom stereocenters. The number of fused-ring (bicyclic) bond motifs is 1. The highest BCUT2D eigenvalue weighted by atomic mass is 32.1. The van der Waals surface area contributed by atoms with Gasteiger partial charge >= 0.3 is 0 Å². The van der Waals surface area contributed by atoms with E-state index in [1.807, 2.05) is 0 Å². The van der Waals surface area contributed by atoms with Gasteiger partial charge in [0.05, 0.1) is 6.20 Å². The summed E-state index contributed by atoms with van der Waals surface area (Å²) in [4.78, 5) is 3.90. The Morgan fingerprint density at radius 1 is 1.50 bits per heavy atom. The topological polar surface area (TPSA) is 46.0 Å². The highest BCUT2D eigenvalue weighted by Gasteiger charge is 1.91. The summed E-state index contributed by atoms with van der Waals surface area (Å²) < 4.78 is 2.37. The van der Waals surface area contributed by atoms with Gasteiger partial charge < -0.3 is 0 Å². The Labute approximate surface area is 61.5 Å². The van der Waals surface area contributed by atoms with E-state index in [1.165, 1.54) is 0 Å². The van der Waals surface area contributed by atoms with Crippen LogP contribution in [0, 0.1) is 4.64 Å². The average molecular weight is 152 g/mol. The third-order valence-electron chi connectivity index (χ3n) is 1.25. The second-order valence-corrected chi connectivity index (χ2v) is 2.28. The lowest BCUT2D eigenvalue weighted by Crippen LogP contribution is -1.88. The van der Waals surface area contributed by atoms with E-state index in [-0.39, 0.29) is 0 Å². The molecule has 0 aliphatic carbocycles. The van der Waals surface area contributed by atoms with Crippen LogP contribution in [-0.4, -0.2) is 19.6 Å². The summed E-state index contributed by atoms with van der Waals surface area (Å²) in [6.07, 6.45) is 4.98. The van der Waals surface area contributed by atoms with Gasteiger partial charge in [-0.1, -0.05) is 12.2 Å². The van der Waals surface area contributed by atoms with Gasteiger partial charge in [0.15, 0.2) is 0 Å². The van der Waals surface area contributed by atoms with Crippen molar-refractivity contribution in [2.75, 3.05) is 0 Å². The molecule has 0 atom stereocenters. The first-order valence-electron chi connectivity index (χ1n) is 2.73. The van der Waals surface area contributed by atoms with Crippen LogP contribution in [0.3, 0.4) is 0 Å². The minimum absolute atomic E-state index is 0.611. The van der Waals surface area contributed by atoms with Gasteiger partial charge in [-0.05, 0) is 0 Å². The second-order valence-electron chi connectivity index (χ2n) is 1.87. The number of H-pyrrole nitrogens is 1. The van der Waals surface area contributed by atoms with Gasteiger partial charge in [0.25, 0.3) is 0 Å². The third-order valence-corrected chi connectivity index (χ3v) is 1.55. The molecule has 2 heterocycles. The maximum Gasteiger partial charge on any atom is 0.145 e. The molecule has 0 saturated carbocycles. The van der Waals surface area contributed by atoms with Gasteiger partial charge in [0, 0.05) is 0 Å². The average Bonchev–Trinajstić information content (AvgIpc) is 2.36. The summed E-state index contributed by atoms with van der Waals surface area (Å²) in [6, 6.07) is 0. The van der Waals surface area contributed by atoms with E-state index in [9.17, 15) is 0 Å². The van der Waals surface area contributed by atoms with Crippen molar-refractivity contribution in [1.29, 1.82) is 0 Å². The quantitative estimate of drug-likeness (QED) is 0.567. The van der Waals surface area contributed by atoms with Gasteiger partial charge in [-0.2, -0.15) is 5.10 Å². The van der Waals surface area contributed by atoms with Crippen LogP contribution in [0.5, 0.6) is 0 Å². The van der Waals surface area contributed by atoms with Crippen molar-refractivity contribution < 1.29 is 0 Å². The normalized spacial score (nSPS) is 10.4. The zero-order valence-electron chi connectivity index (χ0n) is 4.98. The first kappa shape index (κ1) is 5.55. The number of nitrogens with one attached hydrogen (secondary N) is 1. The molecule has 0 bridgehead atoms. The van der Waals surface area contributed by atoms with Crippen LogP contribution in [0.4, 0.5) is 0 Å². The first-order valence-corrected chi connectivity index (χ1v) is 3.14. The number of rotatable bonds is 0. The van der Waals surface area contributed by atoms with Crippen LogP contribution in [0.25, 0.3) is 5.52 Å². The largest absolute Gasteiger partial charge is 0.285 e. The molecular formula is C5H4N4S. The highest BCUT2D eigenvalue weighted by molar-refractivity contribution is 7.71. The standard InChI is InChI=1S/C5H4N4S/c10-5-4-1-6-2-9(4)3-7-8-5/h1-3H,(H,8,10). The molecule has 2 aromatic heterocycles. The molecule has 0 saturated heterocycles. The van der Waals surface area contributed by atoms with Gasteiger partial charge in [0.2, 0.25) is 0 Å². The second kappa shape index (κ2) is 1.88. The van der Waals surface area contributed by atoms with E-state index < -0.39 is 0 Å². The molecule has 0 amide bonds. The molecule has 50 valence electrons. The van der Waals surface area contributed by atoms with Crippen LogP contribution in [0.2, 0.25) is 0 Å². The summed E-state index contributed by atoms with van der Waals surface area (Å²) in [7, 11) is 0. The predicted molar refractivity (Wildman–Crippen MR) is 38.2 cm³/mol. The summed E-state index contributed by atoms with van der Waals surface area (Å²) in [5, 5.41) is 6.44. The van der Waals surface area contributed by atoms with Crippen molar-refractivity contribution in [2.45, 2.75) is 0 Å². The molecule has 0 radical (unpaired) electrons. The molecule has 4 nitrogen and oxygen atoms in total. The Morgan fingerprint density at radius 3 is 3.20 bits per heavy atom. The SMILES string of the molecule is S=c1[nH]ncn2cncc12. The lowest BCUT2D eigenvalue weighted by atomic mass is 10.6. The van der Waals surface area contributed by atoms with Crippen molar-refractivity contribution in [2.24, 2.45) is 0 Å². The molecule has 5 heteroatoms. The molecule has 0 spiro atoms. The minimum Gasteiger partial charge on any atom is -0.285 e. The fourth-order valence-electron chi connectivity index (χ4n) is 0.779. The van der Waals surface area contributed by atoms with E-state index in [4.69, 9.17) is 12.2 Å². The lowest BCUT2D eigenvalue weighted by molar-refractivity contribution is 0.935. The molecule has 2 rings (SSSR count). The molecule has 0 aliphatic rings. The fraction of sp³-hybridized carbons (Fsp3) is 0. The lowest BCUT2D eigenvalue weighted by Gasteiger charge is -1.88. The number of aromatic amines is 1. The molecule has 2 aromatic rings. The molecule has 0 aromatic carbocycles. The molecule has 0 fully saturated rings. The number of hydrogen-bond donors (Lipinski definition) is 1. The fourth-order valence-corrected chi connectivity index (χ4v) is 0.990. The van der Waals surface area contributed by atoms with Crippen LogP contribution in [0.15, 0.2) is 18.9 Å². The Kier molecular flexibility index (Phi) is 1.04. The zero-order valence-corrected chi connectivity index (χ0v) is 5.80. The molecule has 10 heavy (non-hydrogen) atoms. The molecular weight excluding hydrogens is 148 g/mol. The third kappa shape index (κ3) is 0.640. The van der Waals surface area contributed by atoms with E-state index in [0.717, 1.165) is 5.52 Å². The first-order chi connectivity index (χ1) is 4.88. The summed E-state index contributed by atoms with van der Waals surface area (Å²) in [6.45, 7) is 0. The van der Waals surface area contributed by atoms with E-state index >= 15 is 0 Å². The van der Waals surface area contributed by atoms with Crippen molar-refractivity contribution in [3.63, 3.8) is 0 Å². The Bertz CT molecular complexity index is 401. The van der Waals surface area contributed by atoms with Crippen LogP contribution < -0.4 is 0 Å². The molecule has 1 N–H and O–H groups in total. The van der Waals surface area contributed by atoms with E-state index in [0.29, 0.717) is 4.64 Å². The minimum atomic E-state index is 0.611. The van der Waals surface area contributed by atoms with Crippen LogP contribution >= 0.6 is 12.2 Å². The van der Waals surface area contributed by atoms with Gasteiger partial charge in [-0.3, -0.25) is 9.50 Å². The van der Waals surface area contributed by atoms with Gasteiger partial charge in [0.1, 0.15) is 22.8 Å². The number of hydrogen-bond acceptors (Lipinski definition) is 3. The Morgan fingerprint density at radius 2 is 2.40 bits per heavy atom. The highest BCUT2D eigenvalue weighted by Crippen LogP contribution is 1.98. The smallest absolute Gasteiger partial charge is 0.145 e. The van der Waals surface area contributed by atoms with Crippen molar-refractivity contribution in [3.05, 3.63) is 23.5 Å². The predicted octanol–water partition coefficient (Wildman–Crippen LogP) is 0.787. The summed E-state index contributed by atoms with van der Waals surface area (Å²) in [5.74, 6) is 0. The van der Waals surface area contributed by atoms with Crippen molar-refractivity contribution >= 4 is 17.7 Å². The van der Waals surface area contributed by atoms with Crippen molar-refractivity contribution in [3.8, 4) is 0 Å². The number of aromatic nitrogens is 4. The van der Waals surface area contributed by atoms with E-state index in [2.05, 4.69) is 15.2 Å². The number of imidazole rings is 1. The van der Waals surface area contributed by atoms with Crippen LogP contribution in [0.1, 0.15) is 0 Å². The van der Waals surface area contributed by atoms with Crippen LogP contribution in [-0.2, 0) is 0 Å². The van der Waals surface area contributed by atoms with E-state index in [1.54, 1.807) is 23.3 Å². The zero-order chi connectivity index (χ0) is 6.97. The Hall–Kier alpha value is -1.23. The maximum atomic E-state index is 4.93.